The SMILES string of the molecule is CC(CO)(CO)CCCS(C)(=O)=O. The van der Waals surface area contributed by atoms with E-state index in [0.29, 0.717) is 12.8 Å². The van der Waals surface area contributed by atoms with Crippen molar-refractivity contribution in [1.82, 2.24) is 0 Å². The first-order valence-corrected chi connectivity index (χ1v) is 6.28. The molecule has 0 radical (unpaired) electrons. The summed E-state index contributed by atoms with van der Waals surface area (Å²) in [6, 6.07) is 0. The number of sulfone groups is 1. The van der Waals surface area contributed by atoms with Gasteiger partial charge < -0.3 is 10.2 Å². The summed E-state index contributed by atoms with van der Waals surface area (Å²) in [5.74, 6) is 0.114. The lowest BCUT2D eigenvalue weighted by molar-refractivity contribution is 0.0624. The van der Waals surface area contributed by atoms with Gasteiger partial charge in [0.15, 0.2) is 0 Å². The van der Waals surface area contributed by atoms with E-state index in [9.17, 15) is 8.42 Å². The zero-order valence-electron chi connectivity index (χ0n) is 8.15. The van der Waals surface area contributed by atoms with Gasteiger partial charge in [0.1, 0.15) is 9.84 Å². The van der Waals surface area contributed by atoms with Crippen molar-refractivity contribution in [2.75, 3.05) is 25.2 Å². The zero-order valence-corrected chi connectivity index (χ0v) is 8.97. The molecule has 0 spiro atoms. The van der Waals surface area contributed by atoms with Crippen molar-refractivity contribution >= 4 is 9.84 Å². The molecule has 0 bridgehead atoms. The van der Waals surface area contributed by atoms with Crippen LogP contribution in [-0.2, 0) is 9.84 Å². The largest absolute Gasteiger partial charge is 0.396 e. The second-order valence-electron chi connectivity index (χ2n) is 3.86. The monoisotopic (exact) mass is 210 g/mol. The summed E-state index contributed by atoms with van der Waals surface area (Å²) in [5, 5.41) is 17.8. The summed E-state index contributed by atoms with van der Waals surface area (Å²) in [7, 11) is -2.93. The average molecular weight is 210 g/mol. The normalized spacial score (nSPS) is 13.2. The highest BCUT2D eigenvalue weighted by atomic mass is 32.2. The van der Waals surface area contributed by atoms with E-state index in [2.05, 4.69) is 0 Å². The minimum atomic E-state index is -2.93. The Hall–Kier alpha value is -0.130. The number of aliphatic hydroxyl groups is 2. The van der Waals surface area contributed by atoms with Crippen molar-refractivity contribution in [3.63, 3.8) is 0 Å². The summed E-state index contributed by atoms with van der Waals surface area (Å²) < 4.78 is 21.5. The Kier molecular flexibility index (Phi) is 4.88. The fourth-order valence-corrected chi connectivity index (χ4v) is 1.64. The molecule has 0 aliphatic rings. The first kappa shape index (κ1) is 12.9. The van der Waals surface area contributed by atoms with Gasteiger partial charge in [-0.1, -0.05) is 6.92 Å². The highest BCUT2D eigenvalue weighted by Gasteiger charge is 2.22. The standard InChI is InChI=1S/C8H18O4S/c1-8(6-9,7-10)4-3-5-13(2,11)12/h9-10H,3-7H2,1-2H3. The van der Waals surface area contributed by atoms with Crippen molar-refractivity contribution < 1.29 is 18.6 Å². The Labute approximate surface area is 79.5 Å². The molecule has 0 aliphatic heterocycles. The number of aliphatic hydroxyl groups excluding tert-OH is 2. The fourth-order valence-electron chi connectivity index (χ4n) is 0.969. The molecule has 0 aromatic rings. The van der Waals surface area contributed by atoms with Crippen LogP contribution in [0.3, 0.4) is 0 Å². The topological polar surface area (TPSA) is 74.6 Å². The molecule has 0 saturated carbocycles. The number of hydrogen-bond acceptors (Lipinski definition) is 4. The Bertz CT molecular complexity index is 229. The van der Waals surface area contributed by atoms with Crippen LogP contribution in [0.25, 0.3) is 0 Å². The highest BCUT2D eigenvalue weighted by molar-refractivity contribution is 7.90. The van der Waals surface area contributed by atoms with E-state index in [0.717, 1.165) is 0 Å². The van der Waals surface area contributed by atoms with Crippen LogP contribution in [0.5, 0.6) is 0 Å². The molecule has 80 valence electrons. The van der Waals surface area contributed by atoms with Gasteiger partial charge in [0.2, 0.25) is 0 Å². The average Bonchev–Trinajstić information content (AvgIpc) is 2.02. The van der Waals surface area contributed by atoms with Crippen molar-refractivity contribution in [2.45, 2.75) is 19.8 Å². The maximum absolute atomic E-state index is 10.8. The Balaban J connectivity index is 3.88. The maximum atomic E-state index is 10.8. The first-order chi connectivity index (χ1) is 5.83. The van der Waals surface area contributed by atoms with Crippen molar-refractivity contribution in [2.24, 2.45) is 5.41 Å². The van der Waals surface area contributed by atoms with Gasteiger partial charge in [-0.05, 0) is 12.8 Å². The van der Waals surface area contributed by atoms with Gasteiger partial charge in [0.25, 0.3) is 0 Å². The van der Waals surface area contributed by atoms with Crippen LogP contribution in [0, 0.1) is 5.41 Å². The molecular weight excluding hydrogens is 192 g/mol. The van der Waals surface area contributed by atoms with Gasteiger partial charge in [-0.3, -0.25) is 0 Å². The van der Waals surface area contributed by atoms with Gasteiger partial charge in [0.05, 0.1) is 13.2 Å². The minimum absolute atomic E-state index is 0.114. The summed E-state index contributed by atoms with van der Waals surface area (Å²) in [5.41, 5.74) is -0.551. The molecule has 0 aliphatic carbocycles. The summed E-state index contributed by atoms with van der Waals surface area (Å²) in [6.07, 6.45) is 2.19. The van der Waals surface area contributed by atoms with E-state index in [4.69, 9.17) is 10.2 Å². The predicted molar refractivity (Wildman–Crippen MR) is 51.2 cm³/mol. The van der Waals surface area contributed by atoms with Crippen LogP contribution < -0.4 is 0 Å². The van der Waals surface area contributed by atoms with E-state index in [1.807, 2.05) is 0 Å². The van der Waals surface area contributed by atoms with Crippen LogP contribution in [0.2, 0.25) is 0 Å². The van der Waals surface area contributed by atoms with E-state index in [1.165, 1.54) is 6.26 Å². The van der Waals surface area contributed by atoms with Gasteiger partial charge in [0, 0.05) is 17.4 Å². The maximum Gasteiger partial charge on any atom is 0.147 e. The van der Waals surface area contributed by atoms with Crippen LogP contribution in [0.15, 0.2) is 0 Å². The third-order valence-electron chi connectivity index (χ3n) is 2.06. The van der Waals surface area contributed by atoms with E-state index in [-0.39, 0.29) is 19.0 Å². The molecule has 0 fully saturated rings. The first-order valence-electron chi connectivity index (χ1n) is 4.22. The van der Waals surface area contributed by atoms with Crippen molar-refractivity contribution in [1.29, 1.82) is 0 Å². The smallest absolute Gasteiger partial charge is 0.147 e. The fraction of sp³-hybridized carbons (Fsp3) is 1.00. The summed E-state index contributed by atoms with van der Waals surface area (Å²) >= 11 is 0. The lowest BCUT2D eigenvalue weighted by Gasteiger charge is -2.23. The van der Waals surface area contributed by atoms with Gasteiger partial charge in [-0.25, -0.2) is 8.42 Å². The predicted octanol–water partition coefficient (Wildman–Crippen LogP) is -0.198. The van der Waals surface area contributed by atoms with Crippen LogP contribution in [0.4, 0.5) is 0 Å². The zero-order chi connectivity index (χ0) is 10.5. The van der Waals surface area contributed by atoms with Gasteiger partial charge >= 0.3 is 0 Å². The Morgan fingerprint density at radius 3 is 2.00 bits per heavy atom. The minimum Gasteiger partial charge on any atom is -0.396 e. The molecule has 0 aromatic heterocycles. The quantitative estimate of drug-likeness (QED) is 0.637. The lowest BCUT2D eigenvalue weighted by Crippen LogP contribution is -2.26. The molecular formula is C8H18O4S. The molecule has 13 heavy (non-hydrogen) atoms. The molecule has 5 heteroatoms. The lowest BCUT2D eigenvalue weighted by atomic mass is 9.88. The molecule has 0 rings (SSSR count). The highest BCUT2D eigenvalue weighted by Crippen LogP contribution is 2.21. The Morgan fingerprint density at radius 1 is 1.23 bits per heavy atom. The van der Waals surface area contributed by atoms with E-state index >= 15 is 0 Å². The third-order valence-corrected chi connectivity index (χ3v) is 3.09. The van der Waals surface area contributed by atoms with Crippen LogP contribution >= 0.6 is 0 Å². The van der Waals surface area contributed by atoms with Crippen molar-refractivity contribution in [3.8, 4) is 0 Å². The van der Waals surface area contributed by atoms with Gasteiger partial charge in [-0.15, -0.1) is 0 Å². The summed E-state index contributed by atoms with van der Waals surface area (Å²) in [4.78, 5) is 0. The van der Waals surface area contributed by atoms with Crippen molar-refractivity contribution in [3.05, 3.63) is 0 Å². The molecule has 2 N–H and O–H groups in total. The Morgan fingerprint density at radius 2 is 1.69 bits per heavy atom. The molecule has 0 atom stereocenters. The van der Waals surface area contributed by atoms with Crippen LogP contribution in [-0.4, -0.2) is 43.9 Å². The summed E-state index contributed by atoms with van der Waals surface area (Å²) in [6.45, 7) is 1.50. The molecule has 4 nitrogen and oxygen atoms in total. The van der Waals surface area contributed by atoms with E-state index in [1.54, 1.807) is 6.92 Å². The molecule has 0 heterocycles. The molecule has 0 aromatic carbocycles. The molecule has 0 unspecified atom stereocenters. The number of hydrogen-bond donors (Lipinski definition) is 2. The molecule has 0 amide bonds. The second kappa shape index (κ2) is 4.93. The van der Waals surface area contributed by atoms with Gasteiger partial charge in [-0.2, -0.15) is 0 Å². The molecule has 0 saturated heterocycles. The third kappa shape index (κ3) is 6.01. The second-order valence-corrected chi connectivity index (χ2v) is 6.12. The number of rotatable bonds is 6. The van der Waals surface area contributed by atoms with Crippen LogP contribution in [0.1, 0.15) is 19.8 Å². The van der Waals surface area contributed by atoms with E-state index < -0.39 is 15.3 Å².